The van der Waals surface area contributed by atoms with E-state index in [0.717, 1.165) is 0 Å². The van der Waals surface area contributed by atoms with E-state index < -0.39 is 59.8 Å². The van der Waals surface area contributed by atoms with Gasteiger partial charge >= 0.3 is 12.1 Å². The number of likely N-dealkylation sites (tertiary alicyclic amines) is 1. The van der Waals surface area contributed by atoms with Crippen LogP contribution >= 0.6 is 0 Å². The third-order valence-electron chi connectivity index (χ3n) is 7.58. The quantitative estimate of drug-likeness (QED) is 0.358. The molecule has 2 heterocycles. The topological polar surface area (TPSA) is 151 Å². The first-order valence-corrected chi connectivity index (χ1v) is 11.6. The second-order valence-electron chi connectivity index (χ2n) is 10.6. The summed E-state index contributed by atoms with van der Waals surface area (Å²) in [6, 6.07) is -3.69. The summed E-state index contributed by atoms with van der Waals surface area (Å²) in [6.45, 7) is 7.40. The predicted octanol–water partition coefficient (Wildman–Crippen LogP) is -0.331. The number of carbonyl (C=O) groups is 5. The van der Waals surface area contributed by atoms with Crippen LogP contribution in [0, 0.1) is 29.1 Å². The smallest absolute Gasteiger partial charge is 0.368 e. The molecule has 1 aliphatic carbocycles. The molecule has 2 aliphatic heterocycles. The van der Waals surface area contributed by atoms with Crippen LogP contribution in [0.25, 0.3) is 0 Å². The first-order valence-electron chi connectivity index (χ1n) is 11.6. The highest BCUT2D eigenvalue weighted by molar-refractivity contribution is 5.96. The molecule has 3 aliphatic rings. The van der Waals surface area contributed by atoms with E-state index in [-0.39, 0.29) is 36.1 Å². The van der Waals surface area contributed by atoms with E-state index in [9.17, 15) is 37.1 Å². The van der Waals surface area contributed by atoms with Crippen molar-refractivity contribution < 1.29 is 37.1 Å². The predicted molar refractivity (Wildman–Crippen MR) is 116 cm³/mol. The number of primary amides is 1. The lowest BCUT2D eigenvalue weighted by atomic mass is 9.95. The van der Waals surface area contributed by atoms with Crippen molar-refractivity contribution in [3.8, 4) is 0 Å². The Morgan fingerprint density at radius 2 is 1.83 bits per heavy atom. The molecule has 0 spiro atoms. The van der Waals surface area contributed by atoms with E-state index in [1.165, 1.54) is 18.7 Å². The molecular weight excluding hydrogens is 471 g/mol. The zero-order chi connectivity index (χ0) is 26.5. The third kappa shape index (κ3) is 5.22. The van der Waals surface area contributed by atoms with E-state index in [0.29, 0.717) is 13.0 Å². The molecule has 13 heteroatoms. The van der Waals surface area contributed by atoms with Crippen LogP contribution in [-0.2, 0) is 24.0 Å². The molecule has 0 radical (unpaired) electrons. The molecule has 1 saturated carbocycles. The molecule has 0 aromatic carbocycles. The van der Waals surface area contributed by atoms with E-state index in [1.54, 1.807) is 5.32 Å². The van der Waals surface area contributed by atoms with Gasteiger partial charge in [-0.05, 0) is 36.0 Å². The van der Waals surface area contributed by atoms with E-state index in [4.69, 9.17) is 5.73 Å². The average Bonchev–Trinajstić information content (AvgIpc) is 3.10. The molecule has 2 saturated heterocycles. The number of piperidine rings is 1. The maximum Gasteiger partial charge on any atom is 0.471 e. The maximum atomic E-state index is 13.3. The number of hydrogen-bond acceptors (Lipinski definition) is 5. The van der Waals surface area contributed by atoms with Gasteiger partial charge in [-0.3, -0.25) is 24.0 Å². The fraction of sp³-hybridized carbons (Fsp3) is 0.773. The van der Waals surface area contributed by atoms with E-state index in [2.05, 4.69) is 10.6 Å². The van der Waals surface area contributed by atoms with Crippen molar-refractivity contribution >= 4 is 29.5 Å². The van der Waals surface area contributed by atoms with Crippen LogP contribution in [0.2, 0.25) is 0 Å². The summed E-state index contributed by atoms with van der Waals surface area (Å²) in [5.41, 5.74) is 5.17. The maximum absolute atomic E-state index is 13.3. The number of halogens is 3. The number of nitrogens with zero attached hydrogens (tertiary/aromatic N) is 1. The highest BCUT2D eigenvalue weighted by atomic mass is 19.4. The SMILES string of the molecule is CC(C)[C@H](NC(=O)C(F)(F)F)C(=O)N1CC2C(C1C(=O)N[C@@H](C[C@@H]1CCNC1=O)C(N)=O)C2(C)C. The Hall–Kier alpha value is -2.86. The zero-order valence-corrected chi connectivity index (χ0v) is 20.1. The summed E-state index contributed by atoms with van der Waals surface area (Å²) in [4.78, 5) is 63.3. The second kappa shape index (κ2) is 9.30. The average molecular weight is 504 g/mol. The summed E-state index contributed by atoms with van der Waals surface area (Å²) in [5.74, 6) is -6.30. The molecule has 6 atom stereocenters. The number of amides is 5. The highest BCUT2D eigenvalue weighted by Crippen LogP contribution is 2.65. The molecule has 3 rings (SSSR count). The molecule has 196 valence electrons. The van der Waals surface area contributed by atoms with Crippen molar-refractivity contribution in [1.82, 2.24) is 20.9 Å². The lowest BCUT2D eigenvalue weighted by Gasteiger charge is -2.35. The molecule has 35 heavy (non-hydrogen) atoms. The van der Waals surface area contributed by atoms with Gasteiger partial charge in [-0.15, -0.1) is 0 Å². The number of nitrogens with one attached hydrogen (secondary N) is 3. The van der Waals surface area contributed by atoms with Crippen molar-refractivity contribution in [2.45, 2.75) is 64.8 Å². The monoisotopic (exact) mass is 503 g/mol. The van der Waals surface area contributed by atoms with Crippen LogP contribution in [0.4, 0.5) is 13.2 Å². The number of nitrogens with two attached hydrogens (primary N) is 1. The Kier molecular flexibility index (Phi) is 7.11. The van der Waals surface area contributed by atoms with Crippen LogP contribution < -0.4 is 21.7 Å². The summed E-state index contributed by atoms with van der Waals surface area (Å²) in [6.07, 6.45) is -4.68. The second-order valence-corrected chi connectivity index (χ2v) is 10.6. The molecule has 0 bridgehead atoms. The Bertz CT molecular complexity index is 922. The fourth-order valence-corrected chi connectivity index (χ4v) is 5.39. The minimum absolute atomic E-state index is 0.00131. The number of fused-ring (bicyclic) bond motifs is 1. The minimum Gasteiger partial charge on any atom is -0.368 e. The number of hydrogen-bond donors (Lipinski definition) is 4. The summed E-state index contributed by atoms with van der Waals surface area (Å²) in [5, 5.41) is 6.96. The number of rotatable bonds is 8. The third-order valence-corrected chi connectivity index (χ3v) is 7.58. The summed E-state index contributed by atoms with van der Waals surface area (Å²) in [7, 11) is 0. The lowest BCUT2D eigenvalue weighted by Crippen LogP contribution is -2.60. The van der Waals surface area contributed by atoms with Crippen LogP contribution in [-0.4, -0.2) is 71.8 Å². The van der Waals surface area contributed by atoms with Crippen molar-refractivity contribution in [2.75, 3.05) is 13.1 Å². The van der Waals surface area contributed by atoms with Crippen LogP contribution in [0.3, 0.4) is 0 Å². The Morgan fingerprint density at radius 1 is 1.20 bits per heavy atom. The molecular formula is C22H32F3N5O5. The standard InChI is InChI=1S/C22H32F3N5O5/c1-9(2)14(29-20(35)22(23,24)25)19(34)30-8-11-13(21(11,3)4)15(30)18(33)28-12(16(26)31)7-10-5-6-27-17(10)32/h9-15H,5-8H2,1-4H3,(H2,26,31)(H,27,32)(H,28,33)(H,29,35)/t10-,11?,12-,13?,14-,15?/m0/s1. The van der Waals surface area contributed by atoms with Crippen molar-refractivity contribution in [1.29, 1.82) is 0 Å². The largest absolute Gasteiger partial charge is 0.471 e. The van der Waals surface area contributed by atoms with Crippen LogP contribution in [0.15, 0.2) is 0 Å². The molecule has 10 nitrogen and oxygen atoms in total. The van der Waals surface area contributed by atoms with Gasteiger partial charge in [0.2, 0.25) is 23.6 Å². The van der Waals surface area contributed by atoms with Gasteiger partial charge in [-0.1, -0.05) is 27.7 Å². The van der Waals surface area contributed by atoms with Gasteiger partial charge in [-0.25, -0.2) is 0 Å². The van der Waals surface area contributed by atoms with Crippen molar-refractivity contribution in [3.05, 3.63) is 0 Å². The Balaban J connectivity index is 1.80. The van der Waals surface area contributed by atoms with Crippen molar-refractivity contribution in [2.24, 2.45) is 34.8 Å². The van der Waals surface area contributed by atoms with Gasteiger partial charge in [0.1, 0.15) is 18.1 Å². The molecule has 5 amide bonds. The molecule has 0 aromatic rings. The number of alkyl halides is 3. The Morgan fingerprint density at radius 3 is 2.31 bits per heavy atom. The Labute approximate surface area is 200 Å². The van der Waals surface area contributed by atoms with Crippen LogP contribution in [0.5, 0.6) is 0 Å². The normalized spacial score (nSPS) is 28.7. The molecule has 3 fully saturated rings. The summed E-state index contributed by atoms with van der Waals surface area (Å²) < 4.78 is 38.5. The first kappa shape index (κ1) is 26.7. The van der Waals surface area contributed by atoms with Crippen LogP contribution in [0.1, 0.15) is 40.5 Å². The number of carbonyl (C=O) groups excluding carboxylic acids is 5. The molecule has 5 N–H and O–H groups in total. The summed E-state index contributed by atoms with van der Waals surface area (Å²) >= 11 is 0. The van der Waals surface area contributed by atoms with Gasteiger partial charge in [0.05, 0.1) is 0 Å². The molecule has 0 aromatic heterocycles. The van der Waals surface area contributed by atoms with E-state index in [1.807, 2.05) is 13.8 Å². The van der Waals surface area contributed by atoms with E-state index >= 15 is 0 Å². The fourth-order valence-electron chi connectivity index (χ4n) is 5.39. The minimum atomic E-state index is -5.17. The van der Waals surface area contributed by atoms with Gasteiger partial charge < -0.3 is 26.6 Å². The first-order chi connectivity index (χ1) is 16.1. The van der Waals surface area contributed by atoms with Gasteiger partial charge in [-0.2, -0.15) is 13.2 Å². The van der Waals surface area contributed by atoms with Crippen molar-refractivity contribution in [3.63, 3.8) is 0 Å². The molecule has 3 unspecified atom stereocenters. The highest BCUT2D eigenvalue weighted by Gasteiger charge is 2.69. The zero-order valence-electron chi connectivity index (χ0n) is 20.1. The lowest BCUT2D eigenvalue weighted by molar-refractivity contribution is -0.175. The van der Waals surface area contributed by atoms with Gasteiger partial charge in [0, 0.05) is 19.0 Å². The van der Waals surface area contributed by atoms with Gasteiger partial charge in [0.15, 0.2) is 0 Å². The van der Waals surface area contributed by atoms with Gasteiger partial charge in [0.25, 0.3) is 0 Å².